The second-order valence-corrected chi connectivity index (χ2v) is 8.80. The van der Waals surface area contributed by atoms with Crippen molar-refractivity contribution in [1.82, 2.24) is 9.88 Å². The molecule has 3 nitrogen and oxygen atoms in total. The Bertz CT molecular complexity index is 417. The molecule has 4 heteroatoms. The van der Waals surface area contributed by atoms with Crippen LogP contribution in [0.4, 0.5) is 0 Å². The normalized spacial score (nSPS) is 25.3. The van der Waals surface area contributed by atoms with Crippen LogP contribution < -0.4 is 0 Å². The van der Waals surface area contributed by atoms with E-state index in [0.29, 0.717) is 18.6 Å². The smallest absolute Gasteiger partial charge is 0.118 e. The van der Waals surface area contributed by atoms with E-state index in [9.17, 15) is 0 Å². The molecule has 0 radical (unpaired) electrons. The lowest BCUT2D eigenvalue weighted by molar-refractivity contribution is -0.00770. The summed E-state index contributed by atoms with van der Waals surface area (Å²) >= 11 is 1.67. The molecule has 1 aliphatic rings. The molecule has 0 aliphatic carbocycles. The number of thiazole rings is 1. The highest BCUT2D eigenvalue weighted by Gasteiger charge is 2.43. The van der Waals surface area contributed by atoms with Gasteiger partial charge in [0, 0.05) is 36.1 Å². The molecule has 1 aliphatic heterocycles. The monoisotopic (exact) mass is 296 g/mol. The average Bonchev–Trinajstić information content (AvgIpc) is 2.93. The molecule has 1 unspecified atom stereocenters. The Morgan fingerprint density at radius 2 is 1.95 bits per heavy atom. The van der Waals surface area contributed by atoms with E-state index in [-0.39, 0.29) is 11.0 Å². The third-order valence-electron chi connectivity index (χ3n) is 4.23. The van der Waals surface area contributed by atoms with Crippen LogP contribution in [0.3, 0.4) is 0 Å². The fourth-order valence-electron chi connectivity index (χ4n) is 2.82. The zero-order chi connectivity index (χ0) is 15.0. The van der Waals surface area contributed by atoms with Crippen molar-refractivity contribution in [3.63, 3.8) is 0 Å². The van der Waals surface area contributed by atoms with Crippen LogP contribution in [0.5, 0.6) is 0 Å². The van der Waals surface area contributed by atoms with Gasteiger partial charge in [0.2, 0.25) is 0 Å². The van der Waals surface area contributed by atoms with Crippen molar-refractivity contribution in [3.05, 3.63) is 16.6 Å². The van der Waals surface area contributed by atoms with Gasteiger partial charge in [0.25, 0.3) is 0 Å². The summed E-state index contributed by atoms with van der Waals surface area (Å²) in [6.07, 6.45) is 2.15. The topological polar surface area (TPSA) is 25.4 Å². The SMILES string of the molecule is CC(C)(C)C1CN(C(C)(C)C)C[C@@H]1OCc1nccs1. The number of likely N-dealkylation sites (tertiary alicyclic amines) is 1. The quantitative estimate of drug-likeness (QED) is 0.848. The lowest BCUT2D eigenvalue weighted by Gasteiger charge is -2.33. The van der Waals surface area contributed by atoms with E-state index in [1.807, 2.05) is 11.6 Å². The molecule has 0 bridgehead atoms. The first-order chi connectivity index (χ1) is 9.18. The average molecular weight is 296 g/mol. The van der Waals surface area contributed by atoms with E-state index in [1.165, 1.54) is 0 Å². The van der Waals surface area contributed by atoms with Gasteiger partial charge in [-0.2, -0.15) is 0 Å². The number of nitrogens with zero attached hydrogens (tertiary/aromatic N) is 2. The zero-order valence-electron chi connectivity index (χ0n) is 13.6. The van der Waals surface area contributed by atoms with Crippen molar-refractivity contribution in [3.8, 4) is 0 Å². The molecule has 0 amide bonds. The van der Waals surface area contributed by atoms with Crippen molar-refractivity contribution < 1.29 is 4.74 Å². The standard InChI is InChI=1S/C16H28N2OS/c1-15(2,3)12-9-18(16(4,5)6)10-13(12)19-11-14-17-7-8-20-14/h7-8,12-13H,9-11H2,1-6H3/t12?,13-/m0/s1. The van der Waals surface area contributed by atoms with Crippen LogP contribution >= 0.6 is 11.3 Å². The Morgan fingerprint density at radius 3 is 2.45 bits per heavy atom. The largest absolute Gasteiger partial charge is 0.369 e. The first-order valence-electron chi connectivity index (χ1n) is 7.43. The highest BCUT2D eigenvalue weighted by atomic mass is 32.1. The van der Waals surface area contributed by atoms with Crippen LogP contribution in [-0.2, 0) is 11.3 Å². The lowest BCUT2D eigenvalue weighted by atomic mass is 9.79. The van der Waals surface area contributed by atoms with Crippen molar-refractivity contribution in [2.45, 2.75) is 59.8 Å². The molecule has 114 valence electrons. The summed E-state index contributed by atoms with van der Waals surface area (Å²) in [6.45, 7) is 16.6. The Hall–Kier alpha value is -0.450. The fourth-order valence-corrected chi connectivity index (χ4v) is 3.36. The molecule has 1 fully saturated rings. The first-order valence-corrected chi connectivity index (χ1v) is 8.31. The van der Waals surface area contributed by atoms with Crippen LogP contribution in [-0.4, -0.2) is 34.6 Å². The van der Waals surface area contributed by atoms with E-state index in [2.05, 4.69) is 51.4 Å². The van der Waals surface area contributed by atoms with E-state index < -0.39 is 0 Å². The van der Waals surface area contributed by atoms with Crippen molar-refractivity contribution in [2.75, 3.05) is 13.1 Å². The highest BCUT2D eigenvalue weighted by molar-refractivity contribution is 7.09. The summed E-state index contributed by atoms with van der Waals surface area (Å²) < 4.78 is 6.22. The summed E-state index contributed by atoms with van der Waals surface area (Å²) in [6, 6.07) is 0. The maximum absolute atomic E-state index is 6.22. The summed E-state index contributed by atoms with van der Waals surface area (Å²) in [5.74, 6) is 0.571. The predicted octanol–water partition coefficient (Wildman–Crippen LogP) is 3.80. The number of hydrogen-bond acceptors (Lipinski definition) is 4. The third-order valence-corrected chi connectivity index (χ3v) is 4.98. The summed E-state index contributed by atoms with van der Waals surface area (Å²) in [5.41, 5.74) is 0.482. The van der Waals surface area contributed by atoms with Gasteiger partial charge < -0.3 is 4.74 Å². The van der Waals surface area contributed by atoms with Crippen molar-refractivity contribution in [2.24, 2.45) is 11.3 Å². The number of hydrogen-bond donors (Lipinski definition) is 0. The molecule has 1 saturated heterocycles. The van der Waals surface area contributed by atoms with E-state index in [0.717, 1.165) is 18.1 Å². The van der Waals surface area contributed by atoms with E-state index in [4.69, 9.17) is 4.74 Å². The summed E-state index contributed by atoms with van der Waals surface area (Å²) in [5, 5.41) is 3.09. The molecular formula is C16H28N2OS. The van der Waals surface area contributed by atoms with E-state index in [1.54, 1.807) is 11.3 Å². The maximum atomic E-state index is 6.22. The van der Waals surface area contributed by atoms with Crippen LogP contribution in [0, 0.1) is 11.3 Å². The minimum absolute atomic E-state index is 0.211. The van der Waals surface area contributed by atoms with Crippen LogP contribution in [0.25, 0.3) is 0 Å². The molecule has 20 heavy (non-hydrogen) atoms. The van der Waals surface area contributed by atoms with Gasteiger partial charge in [0.05, 0.1) is 12.7 Å². The minimum atomic E-state index is 0.211. The predicted molar refractivity (Wildman–Crippen MR) is 85.0 cm³/mol. The van der Waals surface area contributed by atoms with Gasteiger partial charge in [0.1, 0.15) is 5.01 Å². The van der Waals surface area contributed by atoms with Crippen molar-refractivity contribution >= 4 is 11.3 Å². The third kappa shape index (κ3) is 3.80. The lowest BCUT2D eigenvalue weighted by Crippen LogP contribution is -2.40. The van der Waals surface area contributed by atoms with Gasteiger partial charge in [-0.15, -0.1) is 11.3 Å². The Labute approximate surface area is 127 Å². The Morgan fingerprint density at radius 1 is 1.25 bits per heavy atom. The molecule has 2 atom stereocenters. The maximum Gasteiger partial charge on any atom is 0.118 e. The summed E-state index contributed by atoms with van der Waals surface area (Å²) in [4.78, 5) is 6.86. The number of aromatic nitrogens is 1. The molecule has 0 aromatic carbocycles. The van der Waals surface area contributed by atoms with Gasteiger partial charge in [0.15, 0.2) is 0 Å². The highest BCUT2D eigenvalue weighted by Crippen LogP contribution is 2.38. The molecule has 2 heterocycles. The molecule has 0 N–H and O–H groups in total. The number of rotatable bonds is 3. The Balaban J connectivity index is 2.04. The Kier molecular flexibility index (Phi) is 4.57. The van der Waals surface area contributed by atoms with Crippen LogP contribution in [0.15, 0.2) is 11.6 Å². The van der Waals surface area contributed by atoms with Crippen LogP contribution in [0.2, 0.25) is 0 Å². The molecule has 0 spiro atoms. The van der Waals surface area contributed by atoms with Gasteiger partial charge in [-0.3, -0.25) is 4.90 Å². The second kappa shape index (κ2) is 5.74. The van der Waals surface area contributed by atoms with E-state index >= 15 is 0 Å². The van der Waals surface area contributed by atoms with Crippen LogP contribution in [0.1, 0.15) is 46.6 Å². The van der Waals surface area contributed by atoms with Gasteiger partial charge in [-0.25, -0.2) is 4.98 Å². The second-order valence-electron chi connectivity index (χ2n) is 7.82. The first kappa shape index (κ1) is 15.9. The molecule has 2 rings (SSSR count). The fraction of sp³-hybridized carbons (Fsp3) is 0.812. The zero-order valence-corrected chi connectivity index (χ0v) is 14.5. The molecule has 1 aromatic rings. The molecular weight excluding hydrogens is 268 g/mol. The molecule has 1 aromatic heterocycles. The number of ether oxygens (including phenoxy) is 1. The van der Waals surface area contributed by atoms with Gasteiger partial charge >= 0.3 is 0 Å². The van der Waals surface area contributed by atoms with Gasteiger partial charge in [-0.05, 0) is 26.2 Å². The minimum Gasteiger partial charge on any atom is -0.369 e. The molecule has 0 saturated carbocycles. The van der Waals surface area contributed by atoms with Gasteiger partial charge in [-0.1, -0.05) is 20.8 Å². The van der Waals surface area contributed by atoms with Crippen molar-refractivity contribution in [1.29, 1.82) is 0 Å². The summed E-state index contributed by atoms with van der Waals surface area (Å²) in [7, 11) is 0.